The molecule has 0 aliphatic carbocycles. The third-order valence-corrected chi connectivity index (χ3v) is 6.40. The first-order valence-electron chi connectivity index (χ1n) is 13.2. The number of ether oxygens (including phenoxy) is 3. The van der Waals surface area contributed by atoms with Gasteiger partial charge in [-0.05, 0) is 31.0 Å². The largest absolute Gasteiger partial charge is 0.496 e. The number of carbonyl (C=O) groups excluding carboxylic acids is 2. The summed E-state index contributed by atoms with van der Waals surface area (Å²) in [4.78, 5) is 23.8. The number of rotatable bonds is 21. The minimum absolute atomic E-state index is 0.144. The molecule has 0 amide bonds. The summed E-state index contributed by atoms with van der Waals surface area (Å²) < 4.78 is 16.8. The molecule has 0 spiro atoms. The molecule has 0 saturated carbocycles. The molecule has 0 bridgehead atoms. The lowest BCUT2D eigenvalue weighted by Crippen LogP contribution is -2.09. The van der Waals surface area contributed by atoms with Crippen LogP contribution < -0.4 is 4.74 Å². The van der Waals surface area contributed by atoms with Gasteiger partial charge in [0.1, 0.15) is 12.4 Å². The Balaban J connectivity index is 1.92. The molecule has 0 aliphatic rings. The molecule has 5 nitrogen and oxygen atoms in total. The van der Waals surface area contributed by atoms with Crippen molar-refractivity contribution in [3.8, 4) is 5.75 Å². The minimum Gasteiger partial charge on any atom is -0.496 e. The molecule has 0 radical (unpaired) electrons. The van der Waals surface area contributed by atoms with Gasteiger partial charge in [-0.1, -0.05) is 99.9 Å². The van der Waals surface area contributed by atoms with Crippen molar-refractivity contribution in [2.75, 3.05) is 13.7 Å². The monoisotopic (exact) mass is 540 g/mol. The summed E-state index contributed by atoms with van der Waals surface area (Å²) in [6.07, 6.45) is 17.7. The maximum absolute atomic E-state index is 12.0. The van der Waals surface area contributed by atoms with Crippen molar-refractivity contribution in [2.45, 2.75) is 116 Å². The zero-order valence-corrected chi connectivity index (χ0v) is 23.0. The van der Waals surface area contributed by atoms with E-state index < -0.39 is 0 Å². The molecular weight excluding hydrogens is 496 g/mol. The van der Waals surface area contributed by atoms with E-state index in [1.807, 2.05) is 18.2 Å². The Morgan fingerprint density at radius 1 is 0.735 bits per heavy atom. The number of benzene rings is 1. The highest BCUT2D eigenvalue weighted by molar-refractivity contribution is 9.10. The van der Waals surface area contributed by atoms with Gasteiger partial charge in [0.2, 0.25) is 0 Å². The first kappa shape index (κ1) is 30.5. The van der Waals surface area contributed by atoms with Crippen molar-refractivity contribution < 1.29 is 23.8 Å². The fourth-order valence-corrected chi connectivity index (χ4v) is 4.25. The van der Waals surface area contributed by atoms with Crippen molar-refractivity contribution in [1.82, 2.24) is 0 Å². The molecule has 1 aromatic carbocycles. The van der Waals surface area contributed by atoms with Gasteiger partial charge in [0.05, 0.1) is 13.7 Å². The fraction of sp³-hybridized carbons (Fsp3) is 0.714. The van der Waals surface area contributed by atoms with E-state index in [-0.39, 0.29) is 31.4 Å². The van der Waals surface area contributed by atoms with E-state index >= 15 is 0 Å². The Labute approximate surface area is 215 Å². The molecule has 0 fully saturated rings. The lowest BCUT2D eigenvalue weighted by atomic mass is 10.0. The molecule has 0 atom stereocenters. The average molecular weight is 542 g/mol. The standard InChI is InChI=1S/C28H45BrO5/c1-3-4-5-6-7-8-9-10-11-12-13-14-15-21-33-27(30)17-16-18-28(31)34-23-24-22-25(29)19-20-26(24)32-2/h19-20,22H,3-18,21,23H2,1-2H3. The van der Waals surface area contributed by atoms with Gasteiger partial charge in [-0.15, -0.1) is 0 Å². The number of methoxy groups -OCH3 is 1. The lowest BCUT2D eigenvalue weighted by molar-refractivity contribution is -0.146. The number of unbranched alkanes of at least 4 members (excludes halogenated alkanes) is 12. The fourth-order valence-electron chi connectivity index (χ4n) is 3.85. The summed E-state index contributed by atoms with van der Waals surface area (Å²) in [5, 5.41) is 0. The van der Waals surface area contributed by atoms with Crippen LogP contribution in [0.2, 0.25) is 0 Å². The van der Waals surface area contributed by atoms with Gasteiger partial charge in [-0.2, -0.15) is 0 Å². The molecule has 6 heteroatoms. The van der Waals surface area contributed by atoms with Gasteiger partial charge in [0.25, 0.3) is 0 Å². The second-order valence-corrected chi connectivity index (χ2v) is 9.85. The van der Waals surface area contributed by atoms with Crippen LogP contribution in [0.4, 0.5) is 0 Å². The van der Waals surface area contributed by atoms with Crippen LogP contribution in [0.3, 0.4) is 0 Å². The SMILES string of the molecule is CCCCCCCCCCCCCCCOC(=O)CCCC(=O)OCc1cc(Br)ccc1OC. The second-order valence-electron chi connectivity index (χ2n) is 8.93. The van der Waals surface area contributed by atoms with Gasteiger partial charge in [0, 0.05) is 22.9 Å². The maximum atomic E-state index is 12.0. The van der Waals surface area contributed by atoms with Crippen molar-refractivity contribution in [1.29, 1.82) is 0 Å². The van der Waals surface area contributed by atoms with Crippen LogP contribution in [0.15, 0.2) is 22.7 Å². The van der Waals surface area contributed by atoms with E-state index in [0.717, 1.165) is 22.9 Å². The summed E-state index contributed by atoms with van der Waals surface area (Å²) in [5.74, 6) is 0.111. The first-order chi connectivity index (χ1) is 16.6. The van der Waals surface area contributed by atoms with Gasteiger partial charge in [-0.25, -0.2) is 0 Å². The molecular formula is C28H45BrO5. The molecule has 0 saturated heterocycles. The highest BCUT2D eigenvalue weighted by Gasteiger charge is 2.10. The number of hydrogen-bond donors (Lipinski definition) is 0. The number of esters is 2. The van der Waals surface area contributed by atoms with Crippen LogP contribution >= 0.6 is 15.9 Å². The van der Waals surface area contributed by atoms with E-state index in [1.54, 1.807) is 7.11 Å². The third-order valence-electron chi connectivity index (χ3n) is 5.90. The molecule has 0 unspecified atom stereocenters. The zero-order valence-electron chi connectivity index (χ0n) is 21.4. The molecule has 0 aromatic heterocycles. The Hall–Kier alpha value is -1.56. The van der Waals surface area contributed by atoms with Crippen molar-refractivity contribution in [3.63, 3.8) is 0 Å². The first-order valence-corrected chi connectivity index (χ1v) is 14.0. The highest BCUT2D eigenvalue weighted by atomic mass is 79.9. The predicted molar refractivity (Wildman–Crippen MR) is 141 cm³/mol. The Morgan fingerprint density at radius 2 is 1.26 bits per heavy atom. The van der Waals surface area contributed by atoms with Crippen molar-refractivity contribution >= 4 is 27.9 Å². The summed E-state index contributed by atoms with van der Waals surface area (Å²) in [6, 6.07) is 5.55. The van der Waals surface area contributed by atoms with Crippen LogP contribution in [-0.4, -0.2) is 25.7 Å². The normalized spacial score (nSPS) is 10.8. The van der Waals surface area contributed by atoms with Gasteiger partial charge in [0.15, 0.2) is 0 Å². The molecule has 0 heterocycles. The molecule has 1 aromatic rings. The third kappa shape index (κ3) is 16.1. The Morgan fingerprint density at radius 3 is 1.82 bits per heavy atom. The van der Waals surface area contributed by atoms with Crippen LogP contribution in [0.25, 0.3) is 0 Å². The summed E-state index contributed by atoms with van der Waals surface area (Å²) in [5.41, 5.74) is 0.794. The summed E-state index contributed by atoms with van der Waals surface area (Å²) >= 11 is 3.40. The topological polar surface area (TPSA) is 61.8 Å². The van der Waals surface area contributed by atoms with E-state index in [4.69, 9.17) is 14.2 Å². The second kappa shape index (κ2) is 20.8. The van der Waals surface area contributed by atoms with Gasteiger partial charge < -0.3 is 14.2 Å². The van der Waals surface area contributed by atoms with E-state index in [0.29, 0.717) is 18.8 Å². The smallest absolute Gasteiger partial charge is 0.306 e. The zero-order chi connectivity index (χ0) is 24.9. The summed E-state index contributed by atoms with van der Waals surface area (Å²) in [6.45, 7) is 2.88. The highest BCUT2D eigenvalue weighted by Crippen LogP contribution is 2.23. The molecule has 194 valence electrons. The Kier molecular flexibility index (Phi) is 18.6. The quantitative estimate of drug-likeness (QED) is 0.116. The molecule has 0 N–H and O–H groups in total. The van der Waals surface area contributed by atoms with Crippen LogP contribution in [0.1, 0.15) is 115 Å². The summed E-state index contributed by atoms with van der Waals surface area (Å²) in [7, 11) is 1.58. The number of halogens is 1. The van der Waals surface area contributed by atoms with Crippen LogP contribution in [0, 0.1) is 0 Å². The van der Waals surface area contributed by atoms with Crippen LogP contribution in [-0.2, 0) is 25.7 Å². The van der Waals surface area contributed by atoms with Crippen molar-refractivity contribution in [3.05, 3.63) is 28.2 Å². The number of carbonyl (C=O) groups is 2. The predicted octanol–water partition coefficient (Wildman–Crippen LogP) is 8.31. The lowest BCUT2D eigenvalue weighted by Gasteiger charge is -2.10. The van der Waals surface area contributed by atoms with Gasteiger partial charge >= 0.3 is 11.9 Å². The Bertz CT molecular complexity index is 677. The molecule has 34 heavy (non-hydrogen) atoms. The van der Waals surface area contributed by atoms with E-state index in [2.05, 4.69) is 22.9 Å². The minimum atomic E-state index is -0.327. The van der Waals surface area contributed by atoms with Crippen molar-refractivity contribution in [2.24, 2.45) is 0 Å². The molecule has 0 aliphatic heterocycles. The van der Waals surface area contributed by atoms with E-state index in [9.17, 15) is 9.59 Å². The number of hydrogen-bond acceptors (Lipinski definition) is 5. The van der Waals surface area contributed by atoms with Gasteiger partial charge in [-0.3, -0.25) is 9.59 Å². The maximum Gasteiger partial charge on any atom is 0.306 e. The van der Waals surface area contributed by atoms with E-state index in [1.165, 1.54) is 70.6 Å². The average Bonchev–Trinajstić information content (AvgIpc) is 2.83. The van der Waals surface area contributed by atoms with Crippen LogP contribution in [0.5, 0.6) is 5.75 Å². The molecule has 1 rings (SSSR count).